The number of rotatable bonds is 3. The van der Waals surface area contributed by atoms with Gasteiger partial charge in [0.05, 0.1) is 33.6 Å². The van der Waals surface area contributed by atoms with Crippen LogP contribution in [-0.2, 0) is 24.7 Å². The zero-order chi connectivity index (χ0) is 27.3. The lowest BCUT2D eigenvalue weighted by molar-refractivity contribution is -0.162. The average molecular weight is 552 g/mol. The highest BCUT2D eigenvalue weighted by Crippen LogP contribution is 2.52. The van der Waals surface area contributed by atoms with Crippen molar-refractivity contribution in [3.05, 3.63) is 87.9 Å². The van der Waals surface area contributed by atoms with Crippen molar-refractivity contribution in [1.82, 2.24) is 0 Å². The third-order valence-electron chi connectivity index (χ3n) is 4.83. The molecule has 0 atom stereocenters. The molecular weight excluding hydrogens is 542 g/mol. The second-order valence-corrected chi connectivity index (χ2v) is 7.64. The summed E-state index contributed by atoms with van der Waals surface area (Å²) in [5.74, 6) is 0. The van der Waals surface area contributed by atoms with E-state index in [0.29, 0.717) is 24.3 Å². The van der Waals surface area contributed by atoms with Crippen LogP contribution in [0.5, 0.6) is 0 Å². The maximum absolute atomic E-state index is 13.9. The Labute approximate surface area is 199 Å². The fourth-order valence-corrected chi connectivity index (χ4v) is 3.65. The number of alkyl halides is 12. The highest BCUT2D eigenvalue weighted by Gasteiger charge is 2.49. The van der Waals surface area contributed by atoms with Crippen LogP contribution in [0.4, 0.5) is 69.7 Å². The van der Waals surface area contributed by atoms with Crippen molar-refractivity contribution >= 4 is 28.7 Å². The lowest BCUT2D eigenvalue weighted by Crippen LogP contribution is -2.25. The lowest BCUT2D eigenvalue weighted by Gasteiger charge is -2.32. The van der Waals surface area contributed by atoms with E-state index >= 15 is 0 Å². The molecule has 3 aromatic rings. The van der Waals surface area contributed by atoms with Gasteiger partial charge in [0.15, 0.2) is 0 Å². The topological polar surface area (TPSA) is 3.24 Å². The summed E-state index contributed by atoms with van der Waals surface area (Å²) in [4.78, 5) is 0.0342. The third kappa shape index (κ3) is 5.50. The SMILES string of the molecule is FC(F)(F)c1cccc(N(c2ccc(Cl)cc2)c2cccc(C(F)(F)F)c2C(F)(F)F)c1C(F)(F)F. The number of nitrogens with zero attached hydrogens (tertiary/aromatic N) is 1. The van der Waals surface area contributed by atoms with Gasteiger partial charge in [-0.25, -0.2) is 0 Å². The van der Waals surface area contributed by atoms with Crippen LogP contribution in [0, 0.1) is 0 Å². The van der Waals surface area contributed by atoms with Crippen molar-refractivity contribution < 1.29 is 52.7 Å². The van der Waals surface area contributed by atoms with Crippen molar-refractivity contribution in [3.63, 3.8) is 0 Å². The Hall–Kier alpha value is -3.09. The van der Waals surface area contributed by atoms with Crippen molar-refractivity contribution in [3.8, 4) is 0 Å². The van der Waals surface area contributed by atoms with Crippen LogP contribution < -0.4 is 4.90 Å². The third-order valence-corrected chi connectivity index (χ3v) is 5.08. The van der Waals surface area contributed by atoms with E-state index in [2.05, 4.69) is 0 Å². The van der Waals surface area contributed by atoms with Crippen molar-refractivity contribution in [2.24, 2.45) is 0 Å². The summed E-state index contributed by atoms with van der Waals surface area (Å²) in [5.41, 5.74) is -12.8. The molecule has 1 nitrogen and oxygen atoms in total. The Morgan fingerprint density at radius 2 is 0.833 bits per heavy atom. The molecule has 0 spiro atoms. The van der Waals surface area contributed by atoms with Gasteiger partial charge < -0.3 is 4.90 Å². The molecule has 0 aliphatic carbocycles. The zero-order valence-electron chi connectivity index (χ0n) is 17.1. The Morgan fingerprint density at radius 3 is 1.14 bits per heavy atom. The number of benzene rings is 3. The van der Waals surface area contributed by atoms with Crippen molar-refractivity contribution in [1.29, 1.82) is 0 Å². The van der Waals surface area contributed by atoms with Gasteiger partial charge >= 0.3 is 24.7 Å². The van der Waals surface area contributed by atoms with E-state index < -0.39 is 64.0 Å². The van der Waals surface area contributed by atoms with E-state index in [4.69, 9.17) is 11.6 Å². The first kappa shape index (κ1) is 27.5. The predicted octanol–water partition coefficient (Wildman–Crippen LogP) is 9.88. The minimum Gasteiger partial charge on any atom is -0.309 e. The standard InChI is InChI=1S/C22H10ClF12N/c23-11-7-9-12(10-8-11)36(15-5-1-3-13(19(24,25)26)17(15)21(30,31)32)16-6-2-4-14(20(27,28)29)18(16)22(33,34)35/h1-10H. The molecule has 0 bridgehead atoms. The van der Waals surface area contributed by atoms with Crippen LogP contribution in [0.2, 0.25) is 5.02 Å². The van der Waals surface area contributed by atoms with Gasteiger partial charge in [-0.1, -0.05) is 23.7 Å². The predicted molar refractivity (Wildman–Crippen MR) is 106 cm³/mol. The van der Waals surface area contributed by atoms with Crippen LogP contribution in [0.3, 0.4) is 0 Å². The summed E-state index contributed by atoms with van der Waals surface area (Å²) in [6.07, 6.45) is -22.8. The largest absolute Gasteiger partial charge is 0.419 e. The molecule has 14 heteroatoms. The molecule has 194 valence electrons. The van der Waals surface area contributed by atoms with Crippen molar-refractivity contribution in [2.45, 2.75) is 24.7 Å². The second kappa shape index (κ2) is 9.09. The summed E-state index contributed by atoms with van der Waals surface area (Å²) >= 11 is 5.71. The smallest absolute Gasteiger partial charge is 0.309 e. The Kier molecular flexibility index (Phi) is 6.94. The van der Waals surface area contributed by atoms with Gasteiger partial charge in [0, 0.05) is 10.7 Å². The van der Waals surface area contributed by atoms with Gasteiger partial charge in [0.25, 0.3) is 0 Å². The number of hydrogen-bond donors (Lipinski definition) is 0. The molecule has 0 N–H and O–H groups in total. The van der Waals surface area contributed by atoms with Crippen LogP contribution in [0.1, 0.15) is 22.3 Å². The molecule has 36 heavy (non-hydrogen) atoms. The summed E-state index contributed by atoms with van der Waals surface area (Å²) in [7, 11) is 0. The minimum absolute atomic E-state index is 0.0342. The molecule has 0 radical (unpaired) electrons. The first-order chi connectivity index (χ1) is 16.3. The quantitative estimate of drug-likeness (QED) is 0.293. The molecule has 0 heterocycles. The molecule has 0 amide bonds. The summed E-state index contributed by atoms with van der Waals surface area (Å²) in [6.45, 7) is 0. The summed E-state index contributed by atoms with van der Waals surface area (Å²) < 4.78 is 165. The molecule has 0 unspecified atom stereocenters. The molecule has 0 saturated carbocycles. The monoisotopic (exact) mass is 551 g/mol. The highest BCUT2D eigenvalue weighted by molar-refractivity contribution is 6.30. The summed E-state index contributed by atoms with van der Waals surface area (Å²) in [6, 6.07) is 5.64. The van der Waals surface area contributed by atoms with Crippen LogP contribution in [0.15, 0.2) is 60.7 Å². The summed E-state index contributed by atoms with van der Waals surface area (Å²) in [5, 5.41) is -0.0566. The second-order valence-electron chi connectivity index (χ2n) is 7.20. The normalized spacial score (nSPS) is 13.1. The minimum atomic E-state index is -5.77. The van der Waals surface area contributed by atoms with E-state index in [9.17, 15) is 52.7 Å². The fourth-order valence-electron chi connectivity index (χ4n) is 3.52. The fraction of sp³-hybridized carbons (Fsp3) is 0.182. The van der Waals surface area contributed by atoms with E-state index in [1.54, 1.807) is 0 Å². The Bertz CT molecular complexity index is 1160. The molecule has 0 saturated heterocycles. The Morgan fingerprint density at radius 1 is 0.472 bits per heavy atom. The molecule has 0 fully saturated rings. The van der Waals surface area contributed by atoms with Gasteiger partial charge in [-0.15, -0.1) is 0 Å². The molecule has 0 aliphatic rings. The lowest BCUT2D eigenvalue weighted by atomic mass is 9.99. The highest BCUT2D eigenvalue weighted by atomic mass is 35.5. The maximum Gasteiger partial charge on any atom is 0.419 e. The first-order valence-electron chi connectivity index (χ1n) is 9.44. The molecular formula is C22H10ClF12N. The first-order valence-corrected chi connectivity index (χ1v) is 9.81. The van der Waals surface area contributed by atoms with E-state index in [-0.39, 0.29) is 22.1 Å². The average Bonchev–Trinajstić information content (AvgIpc) is 2.72. The van der Waals surface area contributed by atoms with E-state index in [1.807, 2.05) is 0 Å². The van der Waals surface area contributed by atoms with Crippen LogP contribution in [-0.4, -0.2) is 0 Å². The van der Waals surface area contributed by atoms with Gasteiger partial charge in [-0.05, 0) is 48.5 Å². The number of anilines is 3. The Balaban J connectivity index is 2.54. The van der Waals surface area contributed by atoms with Crippen molar-refractivity contribution in [2.75, 3.05) is 4.90 Å². The molecule has 0 aliphatic heterocycles. The zero-order valence-corrected chi connectivity index (χ0v) is 17.9. The number of hydrogen-bond acceptors (Lipinski definition) is 1. The van der Waals surface area contributed by atoms with E-state index in [0.717, 1.165) is 24.3 Å². The van der Waals surface area contributed by atoms with Crippen LogP contribution in [0.25, 0.3) is 0 Å². The maximum atomic E-state index is 13.9. The van der Waals surface area contributed by atoms with Gasteiger partial charge in [-0.3, -0.25) is 0 Å². The number of halogens is 13. The van der Waals surface area contributed by atoms with E-state index in [1.165, 1.54) is 0 Å². The molecule has 3 aromatic carbocycles. The molecule has 3 rings (SSSR count). The van der Waals surface area contributed by atoms with Crippen LogP contribution >= 0.6 is 11.6 Å². The van der Waals surface area contributed by atoms with Gasteiger partial charge in [0.1, 0.15) is 0 Å². The van der Waals surface area contributed by atoms with Gasteiger partial charge in [-0.2, -0.15) is 52.7 Å². The molecule has 0 aromatic heterocycles. The van der Waals surface area contributed by atoms with Gasteiger partial charge in [0.2, 0.25) is 0 Å².